The van der Waals surface area contributed by atoms with E-state index in [1.807, 2.05) is 24.3 Å². The molecule has 0 bridgehead atoms. The number of hydrogen-bond donors (Lipinski definition) is 3. The van der Waals surface area contributed by atoms with Crippen LogP contribution in [0, 0.1) is 0 Å². The van der Waals surface area contributed by atoms with E-state index in [1.54, 1.807) is 4.90 Å². The maximum Gasteiger partial charge on any atom is 0.231 e. The van der Waals surface area contributed by atoms with Gasteiger partial charge in [-0.25, -0.2) is 0 Å². The van der Waals surface area contributed by atoms with Crippen LogP contribution in [0.4, 0.5) is 0 Å². The van der Waals surface area contributed by atoms with E-state index in [2.05, 4.69) is 0 Å². The Morgan fingerprint density at radius 2 is 1.62 bits per heavy atom. The molecule has 7 nitrogen and oxygen atoms in total. The average molecular weight is 294 g/mol. The lowest BCUT2D eigenvalue weighted by atomic mass is 10.2. The van der Waals surface area contributed by atoms with Crippen LogP contribution in [-0.2, 0) is 16.1 Å². The highest BCUT2D eigenvalue weighted by molar-refractivity contribution is 5.79. The Hall–Kier alpha value is -2.12. The van der Waals surface area contributed by atoms with Gasteiger partial charge in [0, 0.05) is 13.1 Å². The average Bonchev–Trinajstić information content (AvgIpc) is 2.43. The van der Waals surface area contributed by atoms with Crippen LogP contribution in [0.2, 0.25) is 0 Å². The molecule has 0 radical (unpaired) electrons. The minimum Gasteiger partial charge on any atom is -0.494 e. The first-order valence-corrected chi connectivity index (χ1v) is 6.72. The SMILES string of the molecule is NCc1ccc(OCCCN(CC(N)=O)CC(N)=O)cc1. The number of nitrogens with zero attached hydrogens (tertiary/aromatic N) is 1. The van der Waals surface area contributed by atoms with Gasteiger partial charge in [0.05, 0.1) is 19.7 Å². The quantitative estimate of drug-likeness (QED) is 0.487. The maximum absolute atomic E-state index is 10.9. The predicted octanol–water partition coefficient (Wildman–Crippen LogP) is -0.813. The van der Waals surface area contributed by atoms with E-state index in [0.717, 1.165) is 11.3 Å². The molecule has 1 rings (SSSR count). The van der Waals surface area contributed by atoms with Crippen LogP contribution in [0.3, 0.4) is 0 Å². The lowest BCUT2D eigenvalue weighted by Crippen LogP contribution is -2.40. The minimum atomic E-state index is -0.491. The Labute approximate surface area is 124 Å². The van der Waals surface area contributed by atoms with E-state index >= 15 is 0 Å². The fraction of sp³-hybridized carbons (Fsp3) is 0.429. The van der Waals surface area contributed by atoms with E-state index in [1.165, 1.54) is 0 Å². The molecule has 1 aromatic carbocycles. The molecule has 2 amide bonds. The van der Waals surface area contributed by atoms with Gasteiger partial charge in [-0.1, -0.05) is 12.1 Å². The van der Waals surface area contributed by atoms with E-state index in [9.17, 15) is 9.59 Å². The molecule has 0 fully saturated rings. The summed E-state index contributed by atoms with van der Waals surface area (Å²) in [4.78, 5) is 23.4. The van der Waals surface area contributed by atoms with E-state index < -0.39 is 11.8 Å². The molecule has 0 aliphatic heterocycles. The monoisotopic (exact) mass is 294 g/mol. The van der Waals surface area contributed by atoms with Gasteiger partial charge in [0.2, 0.25) is 11.8 Å². The molecule has 6 N–H and O–H groups in total. The summed E-state index contributed by atoms with van der Waals surface area (Å²) in [6, 6.07) is 7.52. The Bertz CT molecular complexity index is 446. The number of amides is 2. The Morgan fingerprint density at radius 1 is 1.05 bits per heavy atom. The molecule has 0 heterocycles. The number of ether oxygens (including phenoxy) is 1. The number of benzene rings is 1. The second-order valence-corrected chi connectivity index (χ2v) is 4.69. The molecule has 1 aromatic rings. The third-order valence-electron chi connectivity index (χ3n) is 2.81. The molecule has 0 atom stereocenters. The lowest BCUT2D eigenvalue weighted by molar-refractivity contribution is -0.121. The minimum absolute atomic E-state index is 0.00807. The molecular formula is C14H22N4O3. The first-order valence-electron chi connectivity index (χ1n) is 6.72. The molecule has 0 aromatic heterocycles. The van der Waals surface area contributed by atoms with E-state index in [4.69, 9.17) is 21.9 Å². The smallest absolute Gasteiger partial charge is 0.231 e. The van der Waals surface area contributed by atoms with Gasteiger partial charge in [-0.15, -0.1) is 0 Å². The highest BCUT2D eigenvalue weighted by Crippen LogP contribution is 2.12. The zero-order valence-electron chi connectivity index (χ0n) is 12.0. The van der Waals surface area contributed by atoms with Crippen molar-refractivity contribution in [3.63, 3.8) is 0 Å². The molecule has 0 spiro atoms. The number of nitrogens with two attached hydrogens (primary N) is 3. The topological polar surface area (TPSA) is 125 Å². The fourth-order valence-corrected chi connectivity index (χ4v) is 1.85. The molecular weight excluding hydrogens is 272 g/mol. The summed E-state index contributed by atoms with van der Waals surface area (Å²) in [7, 11) is 0. The summed E-state index contributed by atoms with van der Waals surface area (Å²) in [6.45, 7) is 1.49. The van der Waals surface area contributed by atoms with Crippen molar-refractivity contribution in [1.82, 2.24) is 4.90 Å². The van der Waals surface area contributed by atoms with Crippen molar-refractivity contribution in [3.05, 3.63) is 29.8 Å². The zero-order valence-corrected chi connectivity index (χ0v) is 12.0. The first-order chi connectivity index (χ1) is 10.0. The van der Waals surface area contributed by atoms with Crippen molar-refractivity contribution < 1.29 is 14.3 Å². The van der Waals surface area contributed by atoms with Crippen molar-refractivity contribution in [2.45, 2.75) is 13.0 Å². The second kappa shape index (κ2) is 8.93. The highest BCUT2D eigenvalue weighted by Gasteiger charge is 2.10. The molecule has 0 saturated carbocycles. The van der Waals surface area contributed by atoms with Crippen molar-refractivity contribution in [2.75, 3.05) is 26.2 Å². The van der Waals surface area contributed by atoms with Gasteiger partial charge in [0.25, 0.3) is 0 Å². The van der Waals surface area contributed by atoms with Gasteiger partial charge < -0.3 is 21.9 Å². The summed E-state index contributed by atoms with van der Waals surface area (Å²) >= 11 is 0. The summed E-state index contributed by atoms with van der Waals surface area (Å²) in [5, 5.41) is 0. The summed E-state index contributed by atoms with van der Waals surface area (Å²) in [6.07, 6.45) is 0.652. The largest absolute Gasteiger partial charge is 0.494 e. The van der Waals surface area contributed by atoms with Gasteiger partial charge >= 0.3 is 0 Å². The third-order valence-corrected chi connectivity index (χ3v) is 2.81. The van der Waals surface area contributed by atoms with Crippen LogP contribution in [0.1, 0.15) is 12.0 Å². The number of carbonyl (C=O) groups excluding carboxylic acids is 2. The second-order valence-electron chi connectivity index (χ2n) is 4.69. The Morgan fingerprint density at radius 3 is 2.10 bits per heavy atom. The summed E-state index contributed by atoms with van der Waals surface area (Å²) in [5.41, 5.74) is 16.8. The molecule has 0 unspecified atom stereocenters. The van der Waals surface area contributed by atoms with E-state index in [-0.39, 0.29) is 13.1 Å². The normalized spacial score (nSPS) is 10.6. The third kappa shape index (κ3) is 7.28. The lowest BCUT2D eigenvalue weighted by Gasteiger charge is -2.18. The van der Waals surface area contributed by atoms with Crippen LogP contribution in [-0.4, -0.2) is 43.0 Å². The number of rotatable bonds is 10. The first kappa shape index (κ1) is 16.9. The van der Waals surface area contributed by atoms with E-state index in [0.29, 0.717) is 26.1 Å². The number of primary amides is 2. The highest BCUT2D eigenvalue weighted by atomic mass is 16.5. The summed E-state index contributed by atoms with van der Waals surface area (Å²) in [5.74, 6) is -0.229. The molecule has 0 aliphatic rings. The number of carbonyl (C=O) groups is 2. The predicted molar refractivity (Wildman–Crippen MR) is 79.3 cm³/mol. The zero-order chi connectivity index (χ0) is 15.7. The van der Waals surface area contributed by atoms with Crippen molar-refractivity contribution in [2.24, 2.45) is 17.2 Å². The Balaban J connectivity index is 2.32. The Kier molecular flexibility index (Phi) is 7.20. The molecule has 7 heteroatoms. The maximum atomic E-state index is 10.9. The van der Waals surface area contributed by atoms with Crippen LogP contribution >= 0.6 is 0 Å². The van der Waals surface area contributed by atoms with Gasteiger partial charge in [-0.05, 0) is 24.1 Å². The van der Waals surface area contributed by atoms with Crippen LogP contribution < -0.4 is 21.9 Å². The van der Waals surface area contributed by atoms with Crippen LogP contribution in [0.15, 0.2) is 24.3 Å². The molecule has 0 saturated heterocycles. The van der Waals surface area contributed by atoms with Crippen molar-refractivity contribution in [1.29, 1.82) is 0 Å². The van der Waals surface area contributed by atoms with Gasteiger partial charge in [0.15, 0.2) is 0 Å². The summed E-state index contributed by atoms with van der Waals surface area (Å²) < 4.78 is 5.57. The standard InChI is InChI=1S/C14H22N4O3/c15-8-11-2-4-12(5-3-11)21-7-1-6-18(9-13(16)19)10-14(17)20/h2-5H,1,6-10,15H2,(H2,16,19)(H2,17,20). The van der Waals surface area contributed by atoms with Crippen LogP contribution in [0.5, 0.6) is 5.75 Å². The van der Waals surface area contributed by atoms with Gasteiger partial charge in [0.1, 0.15) is 5.75 Å². The fourth-order valence-electron chi connectivity index (χ4n) is 1.85. The van der Waals surface area contributed by atoms with Crippen LogP contribution in [0.25, 0.3) is 0 Å². The number of hydrogen-bond acceptors (Lipinski definition) is 5. The van der Waals surface area contributed by atoms with Crippen molar-refractivity contribution in [3.8, 4) is 5.75 Å². The van der Waals surface area contributed by atoms with Gasteiger partial charge in [-0.3, -0.25) is 14.5 Å². The molecule has 116 valence electrons. The molecule has 0 aliphatic carbocycles. The van der Waals surface area contributed by atoms with Crippen molar-refractivity contribution >= 4 is 11.8 Å². The van der Waals surface area contributed by atoms with Gasteiger partial charge in [-0.2, -0.15) is 0 Å². The molecule has 21 heavy (non-hydrogen) atoms.